The van der Waals surface area contributed by atoms with Crippen molar-refractivity contribution in [2.24, 2.45) is 0 Å². The van der Waals surface area contributed by atoms with Crippen LogP contribution in [-0.2, 0) is 9.84 Å². The second-order valence-electron chi connectivity index (χ2n) is 4.19. The van der Waals surface area contributed by atoms with Crippen LogP contribution in [0, 0.1) is 0 Å². The van der Waals surface area contributed by atoms with Crippen LogP contribution in [0.25, 0.3) is 0 Å². The van der Waals surface area contributed by atoms with Crippen molar-refractivity contribution in [1.82, 2.24) is 10.9 Å². The third-order valence-electron chi connectivity index (χ3n) is 2.65. The number of rotatable bonds is 3. The van der Waals surface area contributed by atoms with Crippen molar-refractivity contribution in [3.63, 3.8) is 0 Å². The topological polar surface area (TPSA) is 70.2 Å². The number of hydrogen-bond donors (Lipinski definition) is 3. The molecule has 5 nitrogen and oxygen atoms in total. The van der Waals surface area contributed by atoms with Crippen LogP contribution in [0.1, 0.15) is 6.42 Å². The number of para-hydroxylation sites is 1. The molecule has 0 radical (unpaired) electrons. The summed E-state index contributed by atoms with van der Waals surface area (Å²) >= 11 is 5.09. The van der Waals surface area contributed by atoms with Crippen LogP contribution >= 0.6 is 12.2 Å². The molecule has 1 heterocycles. The van der Waals surface area contributed by atoms with E-state index in [4.69, 9.17) is 12.2 Å². The summed E-state index contributed by atoms with van der Waals surface area (Å²) in [6.07, 6.45) is 0.614. The van der Waals surface area contributed by atoms with Gasteiger partial charge in [-0.15, -0.1) is 0 Å². The summed E-state index contributed by atoms with van der Waals surface area (Å²) in [5.41, 5.74) is 6.63. The molecule has 0 bridgehead atoms. The quantitative estimate of drug-likeness (QED) is 0.560. The van der Waals surface area contributed by atoms with Crippen LogP contribution < -0.4 is 16.2 Å². The fourth-order valence-corrected chi connectivity index (χ4v) is 3.61. The zero-order valence-corrected chi connectivity index (χ0v) is 11.4. The zero-order valence-electron chi connectivity index (χ0n) is 9.72. The van der Waals surface area contributed by atoms with Crippen molar-refractivity contribution in [3.05, 3.63) is 30.3 Å². The molecule has 98 valence electrons. The van der Waals surface area contributed by atoms with Crippen LogP contribution in [0.4, 0.5) is 5.69 Å². The summed E-state index contributed by atoms with van der Waals surface area (Å²) in [6, 6.07) is 9.44. The molecular weight excluding hydrogens is 270 g/mol. The second-order valence-corrected chi connectivity index (χ2v) is 6.83. The monoisotopic (exact) mass is 285 g/mol. The molecule has 2 rings (SSSR count). The van der Waals surface area contributed by atoms with Crippen LogP contribution in [0.15, 0.2) is 30.3 Å². The summed E-state index contributed by atoms with van der Waals surface area (Å²) in [7, 11) is -2.87. The van der Waals surface area contributed by atoms with Crippen molar-refractivity contribution in [2.75, 3.05) is 16.8 Å². The van der Waals surface area contributed by atoms with E-state index in [0.29, 0.717) is 11.5 Å². The molecule has 1 fully saturated rings. The van der Waals surface area contributed by atoms with Gasteiger partial charge < -0.3 is 5.32 Å². The molecule has 3 N–H and O–H groups in total. The Morgan fingerprint density at radius 1 is 1.28 bits per heavy atom. The summed E-state index contributed by atoms with van der Waals surface area (Å²) < 4.78 is 22.5. The molecule has 0 unspecified atom stereocenters. The molecule has 1 aromatic rings. The van der Waals surface area contributed by atoms with E-state index in [1.807, 2.05) is 30.3 Å². The predicted octanol–water partition coefficient (Wildman–Crippen LogP) is 0.665. The third kappa shape index (κ3) is 3.94. The van der Waals surface area contributed by atoms with E-state index in [9.17, 15) is 8.42 Å². The van der Waals surface area contributed by atoms with Gasteiger partial charge in [0.15, 0.2) is 14.9 Å². The van der Waals surface area contributed by atoms with Gasteiger partial charge in [0, 0.05) is 11.7 Å². The lowest BCUT2D eigenvalue weighted by Gasteiger charge is -2.15. The molecule has 18 heavy (non-hydrogen) atoms. The van der Waals surface area contributed by atoms with Gasteiger partial charge in [-0.1, -0.05) is 18.2 Å². The second kappa shape index (κ2) is 5.64. The molecular formula is C11H15N3O2S2. The van der Waals surface area contributed by atoms with Gasteiger partial charge in [0.05, 0.1) is 11.5 Å². The van der Waals surface area contributed by atoms with Crippen molar-refractivity contribution >= 4 is 32.9 Å². The van der Waals surface area contributed by atoms with Crippen molar-refractivity contribution in [1.29, 1.82) is 0 Å². The first kappa shape index (κ1) is 13.3. The number of anilines is 1. The number of benzene rings is 1. The number of hydrogen-bond acceptors (Lipinski definition) is 4. The minimum atomic E-state index is -2.87. The first-order valence-corrected chi connectivity index (χ1v) is 7.86. The minimum Gasteiger partial charge on any atom is -0.332 e. The van der Waals surface area contributed by atoms with Gasteiger partial charge in [-0.25, -0.2) is 13.8 Å². The highest BCUT2D eigenvalue weighted by Gasteiger charge is 2.27. The Hall–Kier alpha value is -1.18. The first-order valence-electron chi connectivity index (χ1n) is 5.63. The van der Waals surface area contributed by atoms with Crippen molar-refractivity contribution in [2.45, 2.75) is 12.5 Å². The number of sulfone groups is 1. The predicted molar refractivity (Wildman–Crippen MR) is 76.0 cm³/mol. The van der Waals surface area contributed by atoms with Gasteiger partial charge >= 0.3 is 0 Å². The lowest BCUT2D eigenvalue weighted by Crippen LogP contribution is -2.46. The van der Waals surface area contributed by atoms with Gasteiger partial charge in [0.1, 0.15) is 0 Å². The van der Waals surface area contributed by atoms with Crippen molar-refractivity contribution in [3.8, 4) is 0 Å². The first-order chi connectivity index (χ1) is 8.55. The molecule has 0 saturated carbocycles. The Labute approximate surface area is 112 Å². The Bertz CT molecular complexity index is 516. The van der Waals surface area contributed by atoms with E-state index in [-0.39, 0.29) is 17.5 Å². The fourth-order valence-electron chi connectivity index (χ4n) is 1.76. The van der Waals surface area contributed by atoms with E-state index in [0.717, 1.165) is 5.69 Å². The average molecular weight is 285 g/mol. The van der Waals surface area contributed by atoms with Crippen LogP contribution in [-0.4, -0.2) is 31.1 Å². The average Bonchev–Trinajstić information content (AvgIpc) is 2.68. The van der Waals surface area contributed by atoms with Gasteiger partial charge in [-0.3, -0.25) is 5.43 Å². The molecule has 0 amide bonds. The maximum atomic E-state index is 11.3. The molecule has 1 aromatic carbocycles. The van der Waals surface area contributed by atoms with E-state index < -0.39 is 9.84 Å². The van der Waals surface area contributed by atoms with Crippen LogP contribution in [0.2, 0.25) is 0 Å². The zero-order chi connectivity index (χ0) is 13.0. The lowest BCUT2D eigenvalue weighted by atomic mass is 10.3. The molecule has 0 aromatic heterocycles. The highest BCUT2D eigenvalue weighted by atomic mass is 32.2. The number of thiocarbonyl (C=S) groups is 1. The SMILES string of the molecule is O=S1(=O)CC[C@H](NNC(=S)Nc2ccccc2)C1. The van der Waals surface area contributed by atoms with Gasteiger partial charge in [-0.2, -0.15) is 0 Å². The number of hydrazine groups is 1. The smallest absolute Gasteiger partial charge is 0.185 e. The molecule has 1 aliphatic heterocycles. The Morgan fingerprint density at radius 2 is 2.00 bits per heavy atom. The molecule has 0 aliphatic carbocycles. The van der Waals surface area contributed by atoms with E-state index in [1.54, 1.807) is 0 Å². The standard InChI is InChI=1S/C11H15N3O2S2/c15-18(16)7-6-10(8-18)13-14-11(17)12-9-4-2-1-3-5-9/h1-5,10,13H,6-8H2,(H2,12,14,17)/t10-/m0/s1. The van der Waals surface area contributed by atoms with Crippen molar-refractivity contribution < 1.29 is 8.42 Å². The normalized spacial score (nSPS) is 21.4. The summed E-state index contributed by atoms with van der Waals surface area (Å²) in [5, 5.41) is 3.42. The summed E-state index contributed by atoms with van der Waals surface area (Å²) in [6.45, 7) is 0. The molecule has 1 atom stereocenters. The fraction of sp³-hybridized carbons (Fsp3) is 0.364. The highest BCUT2D eigenvalue weighted by Crippen LogP contribution is 2.10. The summed E-state index contributed by atoms with van der Waals surface area (Å²) in [5.74, 6) is 0.402. The Morgan fingerprint density at radius 3 is 2.61 bits per heavy atom. The Kier molecular flexibility index (Phi) is 4.15. The van der Waals surface area contributed by atoms with Gasteiger partial charge in [0.2, 0.25) is 0 Å². The van der Waals surface area contributed by atoms with E-state index >= 15 is 0 Å². The minimum absolute atomic E-state index is 0.0782. The highest BCUT2D eigenvalue weighted by molar-refractivity contribution is 7.91. The number of nitrogens with one attached hydrogen (secondary N) is 3. The maximum Gasteiger partial charge on any atom is 0.185 e. The van der Waals surface area contributed by atoms with E-state index in [1.165, 1.54) is 0 Å². The largest absolute Gasteiger partial charge is 0.332 e. The maximum absolute atomic E-state index is 11.3. The lowest BCUT2D eigenvalue weighted by molar-refractivity contribution is 0.530. The van der Waals surface area contributed by atoms with Gasteiger partial charge in [-0.05, 0) is 30.8 Å². The third-order valence-corrected chi connectivity index (χ3v) is 4.63. The van der Waals surface area contributed by atoms with Crippen LogP contribution in [0.5, 0.6) is 0 Å². The molecule has 0 spiro atoms. The molecule has 7 heteroatoms. The van der Waals surface area contributed by atoms with E-state index in [2.05, 4.69) is 16.2 Å². The molecule has 1 saturated heterocycles. The van der Waals surface area contributed by atoms with Crippen LogP contribution in [0.3, 0.4) is 0 Å². The molecule has 1 aliphatic rings. The van der Waals surface area contributed by atoms with Gasteiger partial charge in [0.25, 0.3) is 0 Å². The summed E-state index contributed by atoms with van der Waals surface area (Å²) in [4.78, 5) is 0. The Balaban J connectivity index is 1.76.